The smallest absolute Gasteiger partial charge is 0.472 e. The number of amides is 6. The van der Waals surface area contributed by atoms with Crippen LogP contribution in [0.5, 0.6) is 0 Å². The number of aliphatic carboxylic acids is 1. The predicted molar refractivity (Wildman–Crippen MR) is 196 cm³/mol. The van der Waals surface area contributed by atoms with E-state index in [1.165, 1.54) is 24.5 Å². The van der Waals surface area contributed by atoms with E-state index in [9.17, 15) is 48.1 Å². The molecule has 1 aliphatic heterocycles. The van der Waals surface area contributed by atoms with Gasteiger partial charge in [-0.25, -0.2) is 9.55 Å². The molecule has 1 aromatic rings. The van der Waals surface area contributed by atoms with Crippen LogP contribution in [0.3, 0.4) is 0 Å². The summed E-state index contributed by atoms with van der Waals surface area (Å²) in [6, 6.07) is -6.99. The Morgan fingerprint density at radius 3 is 2.23 bits per heavy atom. The highest BCUT2D eigenvalue weighted by molar-refractivity contribution is 7.47. The van der Waals surface area contributed by atoms with Crippen LogP contribution in [0.4, 0.5) is 0 Å². The Labute approximate surface area is 329 Å². The van der Waals surface area contributed by atoms with E-state index in [2.05, 4.69) is 35.8 Å². The first-order valence-electron chi connectivity index (χ1n) is 18.2. The number of likely N-dealkylation sites (tertiary alicyclic amines) is 1. The zero-order chi connectivity index (χ0) is 42.7. The van der Waals surface area contributed by atoms with Crippen LogP contribution in [0, 0.1) is 5.92 Å². The van der Waals surface area contributed by atoms with Crippen LogP contribution in [0.1, 0.15) is 58.6 Å². The first-order valence-corrected chi connectivity index (χ1v) is 19.7. The molecule has 1 aliphatic rings. The topological polar surface area (TPSA) is 340 Å². The SMILES string of the molecule is COCCOCCC(=O)N1CCC[C@H]1C(=O)N[C@@H](CC(C)C)C(=O)N[C@@H](Cc1cnc[nH]1)C(=O)N[C@@H](CO)C(=O)N[C@H](C(N)=O)[C@@H](C)OP(=O)(O)OCCC(=O)O. The number of nitrogens with two attached hydrogens (primary N) is 1. The summed E-state index contributed by atoms with van der Waals surface area (Å²) in [4.78, 5) is 108. The lowest BCUT2D eigenvalue weighted by molar-refractivity contribution is -0.140. The van der Waals surface area contributed by atoms with E-state index in [-0.39, 0.29) is 37.7 Å². The molecule has 2 heterocycles. The maximum Gasteiger partial charge on any atom is 0.472 e. The molecule has 2 rings (SSSR count). The summed E-state index contributed by atoms with van der Waals surface area (Å²) < 4.78 is 32.0. The van der Waals surface area contributed by atoms with Crippen molar-refractivity contribution in [1.82, 2.24) is 36.1 Å². The molecule has 322 valence electrons. The number of carbonyl (C=O) groups is 7. The first-order chi connectivity index (χ1) is 26.9. The van der Waals surface area contributed by atoms with Crippen molar-refractivity contribution in [3.8, 4) is 0 Å². The number of imidazole rings is 1. The van der Waals surface area contributed by atoms with E-state index in [1.807, 2.05) is 13.8 Å². The number of carbonyl (C=O) groups excluding carboxylic acids is 6. The van der Waals surface area contributed by atoms with E-state index >= 15 is 0 Å². The average Bonchev–Trinajstić information content (AvgIpc) is 3.84. The van der Waals surface area contributed by atoms with Gasteiger partial charge in [0.1, 0.15) is 30.2 Å². The summed E-state index contributed by atoms with van der Waals surface area (Å²) in [5, 5.41) is 28.5. The minimum atomic E-state index is -4.94. The number of nitrogens with zero attached hydrogens (tertiary/aromatic N) is 2. The molecule has 23 nitrogen and oxygen atoms in total. The van der Waals surface area contributed by atoms with Crippen LogP contribution in [0.15, 0.2) is 12.5 Å². The predicted octanol–water partition coefficient (Wildman–Crippen LogP) is -2.54. The van der Waals surface area contributed by atoms with Crippen LogP contribution in [0.25, 0.3) is 0 Å². The van der Waals surface area contributed by atoms with Crippen molar-refractivity contribution < 1.29 is 71.8 Å². The summed E-state index contributed by atoms with van der Waals surface area (Å²) in [6.45, 7) is 4.14. The number of aromatic amines is 1. The summed E-state index contributed by atoms with van der Waals surface area (Å²) in [5.74, 6) is -6.45. The number of hydrogen-bond acceptors (Lipinski definition) is 14. The molecule has 1 aromatic heterocycles. The van der Waals surface area contributed by atoms with Gasteiger partial charge in [-0.1, -0.05) is 13.8 Å². The van der Waals surface area contributed by atoms with Gasteiger partial charge in [0, 0.05) is 32.0 Å². The number of aromatic nitrogens is 2. The number of primary amides is 1. The lowest BCUT2D eigenvalue weighted by Crippen LogP contribution is -2.61. The molecule has 0 aromatic carbocycles. The Morgan fingerprint density at radius 1 is 0.965 bits per heavy atom. The molecule has 24 heteroatoms. The van der Waals surface area contributed by atoms with Gasteiger partial charge in [0.15, 0.2) is 0 Å². The van der Waals surface area contributed by atoms with Crippen molar-refractivity contribution in [2.75, 3.05) is 46.7 Å². The van der Waals surface area contributed by atoms with Crippen molar-refractivity contribution >= 4 is 49.2 Å². The first kappa shape index (κ1) is 48.6. The van der Waals surface area contributed by atoms with Gasteiger partial charge in [0.05, 0.1) is 58.3 Å². The Morgan fingerprint density at radius 2 is 1.63 bits per heavy atom. The average molecular weight is 835 g/mol. The number of H-pyrrole nitrogens is 1. The third-order valence-electron chi connectivity index (χ3n) is 8.48. The maximum absolute atomic E-state index is 13.8. The fourth-order valence-corrected chi connectivity index (χ4v) is 6.57. The molecule has 0 saturated carbocycles. The molecule has 10 N–H and O–H groups in total. The summed E-state index contributed by atoms with van der Waals surface area (Å²) in [5.41, 5.74) is 5.76. The van der Waals surface area contributed by atoms with Crippen LogP contribution in [-0.2, 0) is 63.1 Å². The van der Waals surface area contributed by atoms with Gasteiger partial charge in [0.2, 0.25) is 35.4 Å². The third kappa shape index (κ3) is 17.3. The number of carboxylic acids is 1. The molecule has 1 unspecified atom stereocenters. The Balaban J connectivity index is 2.18. The zero-order valence-corrected chi connectivity index (χ0v) is 33.2. The number of rotatable bonds is 27. The van der Waals surface area contributed by atoms with E-state index < -0.39 is 99.3 Å². The quantitative estimate of drug-likeness (QED) is 0.0326. The zero-order valence-electron chi connectivity index (χ0n) is 32.3. The molecule has 0 radical (unpaired) electrons. The van der Waals surface area contributed by atoms with Crippen molar-refractivity contribution in [1.29, 1.82) is 0 Å². The molecule has 1 fully saturated rings. The molecule has 6 amide bonds. The fraction of sp³-hybridized carbons (Fsp3) is 0.697. The summed E-state index contributed by atoms with van der Waals surface area (Å²) in [6.07, 6.45) is 1.38. The fourth-order valence-electron chi connectivity index (χ4n) is 5.64. The lowest BCUT2D eigenvalue weighted by Gasteiger charge is -2.29. The van der Waals surface area contributed by atoms with Gasteiger partial charge >= 0.3 is 13.8 Å². The molecule has 0 bridgehead atoms. The summed E-state index contributed by atoms with van der Waals surface area (Å²) >= 11 is 0. The third-order valence-corrected chi connectivity index (χ3v) is 9.59. The van der Waals surface area contributed by atoms with Gasteiger partial charge in [-0.2, -0.15) is 0 Å². The van der Waals surface area contributed by atoms with Crippen molar-refractivity contribution in [3.05, 3.63) is 18.2 Å². The molecule has 0 spiro atoms. The van der Waals surface area contributed by atoms with Crippen LogP contribution in [0.2, 0.25) is 0 Å². The number of nitrogens with one attached hydrogen (secondary N) is 5. The van der Waals surface area contributed by atoms with E-state index in [0.717, 1.165) is 6.92 Å². The number of methoxy groups -OCH3 is 1. The van der Waals surface area contributed by atoms with E-state index in [0.29, 0.717) is 38.3 Å². The second kappa shape index (κ2) is 24.3. The van der Waals surface area contributed by atoms with Gasteiger partial charge < -0.3 is 61.5 Å². The van der Waals surface area contributed by atoms with Crippen LogP contribution >= 0.6 is 7.82 Å². The highest BCUT2D eigenvalue weighted by Crippen LogP contribution is 2.45. The number of carboxylic acid groups (broad SMARTS) is 1. The van der Waals surface area contributed by atoms with Crippen LogP contribution in [-0.4, -0.2) is 154 Å². The number of phosphoric acid groups is 1. The number of aliphatic hydroxyl groups is 1. The molecule has 0 aliphatic carbocycles. The van der Waals surface area contributed by atoms with Crippen molar-refractivity contribution in [3.63, 3.8) is 0 Å². The summed E-state index contributed by atoms with van der Waals surface area (Å²) in [7, 11) is -3.41. The highest BCUT2D eigenvalue weighted by atomic mass is 31.2. The van der Waals surface area contributed by atoms with Crippen LogP contribution < -0.4 is 27.0 Å². The number of aliphatic hydroxyl groups excluding tert-OH is 1. The van der Waals surface area contributed by atoms with Gasteiger partial charge in [-0.05, 0) is 32.1 Å². The van der Waals surface area contributed by atoms with Gasteiger partial charge in [-0.3, -0.25) is 42.6 Å². The second-order valence-electron chi connectivity index (χ2n) is 13.5. The van der Waals surface area contributed by atoms with Crippen molar-refractivity contribution in [2.45, 2.75) is 95.6 Å². The second-order valence-corrected chi connectivity index (χ2v) is 14.9. The maximum atomic E-state index is 13.8. The Bertz CT molecular complexity index is 1550. The van der Waals surface area contributed by atoms with Gasteiger partial charge in [0.25, 0.3) is 0 Å². The molecular formula is C33H55N8O15P. The van der Waals surface area contributed by atoms with Gasteiger partial charge in [-0.15, -0.1) is 0 Å². The van der Waals surface area contributed by atoms with E-state index in [1.54, 1.807) is 0 Å². The molecule has 57 heavy (non-hydrogen) atoms. The number of ether oxygens (including phenoxy) is 2. The standard InChI is InChI=1S/C33H55N8O15P/c1-19(2)14-22(38-33(50)25-6-5-9-41(25)26(43)7-10-54-13-12-53-4)30(47)37-23(15-21-16-35-18-36-21)31(48)39-24(17-42)32(49)40-28(29(34)46)20(3)56-57(51,52)55-11-8-27(44)45/h16,18-20,22-25,28,42H,5-15,17H2,1-4H3,(H2,34,46)(H,35,36)(H,37,47)(H,38,50)(H,39,48)(H,40,49)(H,44,45)(H,51,52)/t20-,22+,23+,24+,25+,28+/m1/s1. The van der Waals surface area contributed by atoms with E-state index in [4.69, 9.17) is 24.8 Å². The minimum Gasteiger partial charge on any atom is -0.481 e. The largest absolute Gasteiger partial charge is 0.481 e. The molecule has 1 saturated heterocycles. The molecule has 7 atom stereocenters. The Kier molecular flexibility index (Phi) is 20.7. The Hall–Kier alpha value is -4.51. The normalized spacial score (nSPS) is 17.7. The monoisotopic (exact) mass is 834 g/mol. The lowest BCUT2D eigenvalue weighted by atomic mass is 10.0. The highest BCUT2D eigenvalue weighted by Gasteiger charge is 2.38. The number of hydrogen-bond donors (Lipinski definition) is 9. The van der Waals surface area contributed by atoms with Crippen molar-refractivity contribution in [2.24, 2.45) is 11.7 Å². The number of phosphoric ester groups is 1. The molecular weight excluding hydrogens is 779 g/mol. The minimum absolute atomic E-state index is 0.0481.